The molecule has 0 atom stereocenters. The summed E-state index contributed by atoms with van der Waals surface area (Å²) < 4.78 is 8.17. The maximum atomic E-state index is 5.56. The largest absolute Gasteiger partial charge is 0.444 e. The van der Waals surface area contributed by atoms with E-state index < -0.39 is 0 Å². The molecular formula is C13H14BrN5O. The molecule has 0 spiro atoms. The van der Waals surface area contributed by atoms with E-state index in [4.69, 9.17) is 4.42 Å². The highest BCUT2D eigenvalue weighted by Crippen LogP contribution is 2.20. The molecule has 20 heavy (non-hydrogen) atoms. The molecule has 3 rings (SSSR count). The molecule has 6 nitrogen and oxygen atoms in total. The van der Waals surface area contributed by atoms with E-state index in [0.717, 1.165) is 33.1 Å². The van der Waals surface area contributed by atoms with Gasteiger partial charge in [-0.2, -0.15) is 9.61 Å². The molecule has 1 N–H and O–H groups in total. The summed E-state index contributed by atoms with van der Waals surface area (Å²) in [5, 5.41) is 7.57. The van der Waals surface area contributed by atoms with Gasteiger partial charge >= 0.3 is 0 Å². The number of hydrogen-bond donors (Lipinski definition) is 1. The average Bonchev–Trinajstić information content (AvgIpc) is 2.92. The van der Waals surface area contributed by atoms with Gasteiger partial charge in [0.15, 0.2) is 5.65 Å². The van der Waals surface area contributed by atoms with Crippen LogP contribution in [0.25, 0.3) is 5.65 Å². The Hall–Kier alpha value is -1.89. The minimum absolute atomic E-state index is 0.505. The van der Waals surface area contributed by atoms with Crippen LogP contribution in [0.3, 0.4) is 0 Å². The number of rotatable bonds is 3. The monoisotopic (exact) mass is 335 g/mol. The Bertz CT molecular complexity index is 757. The van der Waals surface area contributed by atoms with Gasteiger partial charge in [-0.1, -0.05) is 0 Å². The Labute approximate surface area is 124 Å². The fourth-order valence-electron chi connectivity index (χ4n) is 1.96. The Morgan fingerprint density at radius 3 is 2.80 bits per heavy atom. The highest BCUT2D eigenvalue weighted by atomic mass is 79.9. The molecule has 3 aromatic heterocycles. The van der Waals surface area contributed by atoms with Crippen molar-refractivity contribution in [3.8, 4) is 0 Å². The lowest BCUT2D eigenvalue weighted by molar-refractivity contribution is 0.478. The van der Waals surface area contributed by atoms with Crippen molar-refractivity contribution in [1.29, 1.82) is 0 Å². The number of aryl methyl sites for hydroxylation is 3. The van der Waals surface area contributed by atoms with E-state index in [0.29, 0.717) is 12.4 Å². The predicted molar refractivity (Wildman–Crippen MR) is 78.7 cm³/mol. The zero-order valence-corrected chi connectivity index (χ0v) is 13.0. The molecule has 0 bridgehead atoms. The number of fused-ring (bicyclic) bond motifs is 1. The van der Waals surface area contributed by atoms with E-state index in [2.05, 4.69) is 36.3 Å². The predicted octanol–water partition coefficient (Wildman–Crippen LogP) is 3.02. The second kappa shape index (κ2) is 4.90. The van der Waals surface area contributed by atoms with E-state index >= 15 is 0 Å². The van der Waals surface area contributed by atoms with Crippen LogP contribution in [0.15, 0.2) is 21.2 Å². The third kappa shape index (κ3) is 2.29. The SMILES string of the molecule is Cc1cc(NCc2nc(C)c(C)o2)n2ncc(Br)c2n1. The van der Waals surface area contributed by atoms with Crippen molar-refractivity contribution in [1.82, 2.24) is 19.6 Å². The first-order valence-corrected chi connectivity index (χ1v) is 7.01. The van der Waals surface area contributed by atoms with Gasteiger partial charge in [-0.05, 0) is 36.7 Å². The van der Waals surface area contributed by atoms with Crippen LogP contribution in [0.4, 0.5) is 5.82 Å². The minimum atomic E-state index is 0.505. The van der Waals surface area contributed by atoms with Crippen LogP contribution in [-0.4, -0.2) is 19.6 Å². The fraction of sp³-hybridized carbons (Fsp3) is 0.308. The van der Waals surface area contributed by atoms with Crippen LogP contribution in [0.1, 0.15) is 23.0 Å². The first-order chi connectivity index (χ1) is 9.54. The summed E-state index contributed by atoms with van der Waals surface area (Å²) >= 11 is 3.44. The molecule has 0 saturated carbocycles. The molecule has 0 aliphatic carbocycles. The average molecular weight is 336 g/mol. The van der Waals surface area contributed by atoms with E-state index in [1.165, 1.54) is 0 Å². The van der Waals surface area contributed by atoms with Crippen LogP contribution in [-0.2, 0) is 6.54 Å². The molecule has 0 fully saturated rings. The first-order valence-electron chi connectivity index (χ1n) is 6.22. The van der Waals surface area contributed by atoms with Crippen LogP contribution < -0.4 is 5.32 Å². The molecule has 0 aromatic carbocycles. The highest BCUT2D eigenvalue weighted by molar-refractivity contribution is 9.10. The second-order valence-electron chi connectivity index (χ2n) is 4.61. The van der Waals surface area contributed by atoms with Gasteiger partial charge in [-0.25, -0.2) is 9.97 Å². The van der Waals surface area contributed by atoms with Gasteiger partial charge in [0.1, 0.15) is 11.6 Å². The standard InChI is InChI=1S/C13H14BrN5O/c1-7-4-11(19-13(17-7)10(14)5-16-19)15-6-12-18-8(2)9(3)20-12/h4-5,15H,6H2,1-3H3. The van der Waals surface area contributed by atoms with Crippen molar-refractivity contribution in [2.75, 3.05) is 5.32 Å². The van der Waals surface area contributed by atoms with E-state index in [1.54, 1.807) is 10.7 Å². The normalized spacial score (nSPS) is 11.2. The molecule has 7 heteroatoms. The zero-order chi connectivity index (χ0) is 14.3. The Morgan fingerprint density at radius 2 is 2.10 bits per heavy atom. The van der Waals surface area contributed by atoms with Crippen molar-refractivity contribution in [3.05, 3.63) is 39.8 Å². The number of hydrogen-bond acceptors (Lipinski definition) is 5. The second-order valence-corrected chi connectivity index (χ2v) is 5.47. The number of aromatic nitrogens is 4. The molecule has 0 aliphatic heterocycles. The van der Waals surface area contributed by atoms with Gasteiger partial charge in [-0.3, -0.25) is 0 Å². The lowest BCUT2D eigenvalue weighted by Gasteiger charge is -2.07. The van der Waals surface area contributed by atoms with Crippen LogP contribution in [0, 0.1) is 20.8 Å². The summed E-state index contributed by atoms with van der Waals surface area (Å²) in [5.74, 6) is 2.36. The summed E-state index contributed by atoms with van der Waals surface area (Å²) in [7, 11) is 0. The lowest BCUT2D eigenvalue weighted by atomic mass is 10.4. The Balaban J connectivity index is 1.90. The van der Waals surface area contributed by atoms with Crippen LogP contribution >= 0.6 is 15.9 Å². The van der Waals surface area contributed by atoms with Crippen LogP contribution in [0.5, 0.6) is 0 Å². The topological polar surface area (TPSA) is 68.2 Å². The van der Waals surface area contributed by atoms with E-state index in [9.17, 15) is 0 Å². The maximum absolute atomic E-state index is 5.56. The van der Waals surface area contributed by atoms with Gasteiger partial charge in [0.2, 0.25) is 5.89 Å². The lowest BCUT2D eigenvalue weighted by Crippen LogP contribution is -2.07. The van der Waals surface area contributed by atoms with Crippen LogP contribution in [0.2, 0.25) is 0 Å². The van der Waals surface area contributed by atoms with Crippen molar-refractivity contribution in [3.63, 3.8) is 0 Å². The molecule has 0 saturated heterocycles. The van der Waals surface area contributed by atoms with E-state index in [1.807, 2.05) is 26.8 Å². The zero-order valence-electron chi connectivity index (χ0n) is 11.4. The summed E-state index contributed by atoms with van der Waals surface area (Å²) in [6.45, 7) is 6.29. The summed E-state index contributed by atoms with van der Waals surface area (Å²) in [4.78, 5) is 8.79. The molecular weight excluding hydrogens is 322 g/mol. The molecule has 0 aliphatic rings. The Morgan fingerprint density at radius 1 is 1.30 bits per heavy atom. The number of nitrogens with zero attached hydrogens (tertiary/aromatic N) is 4. The molecule has 0 amide bonds. The molecule has 104 valence electrons. The minimum Gasteiger partial charge on any atom is -0.444 e. The highest BCUT2D eigenvalue weighted by Gasteiger charge is 2.10. The molecule has 3 aromatic rings. The van der Waals surface area contributed by atoms with Crippen molar-refractivity contribution in [2.45, 2.75) is 27.3 Å². The number of halogens is 1. The number of anilines is 1. The van der Waals surface area contributed by atoms with Gasteiger partial charge in [0.05, 0.1) is 22.9 Å². The molecule has 3 heterocycles. The van der Waals surface area contributed by atoms with Gasteiger partial charge in [-0.15, -0.1) is 0 Å². The van der Waals surface area contributed by atoms with Gasteiger partial charge < -0.3 is 9.73 Å². The summed E-state index contributed by atoms with van der Waals surface area (Å²) in [6.07, 6.45) is 1.73. The smallest absolute Gasteiger partial charge is 0.213 e. The first kappa shape index (κ1) is 13.1. The Kier molecular flexibility index (Phi) is 3.21. The van der Waals surface area contributed by atoms with Crippen molar-refractivity contribution >= 4 is 27.4 Å². The van der Waals surface area contributed by atoms with Gasteiger partial charge in [0, 0.05) is 11.8 Å². The number of oxazole rings is 1. The van der Waals surface area contributed by atoms with Crippen molar-refractivity contribution < 1.29 is 4.42 Å². The summed E-state index contributed by atoms with van der Waals surface area (Å²) in [6, 6.07) is 1.94. The third-order valence-corrected chi connectivity index (χ3v) is 3.61. The number of nitrogens with one attached hydrogen (secondary N) is 1. The summed E-state index contributed by atoms with van der Waals surface area (Å²) in [5.41, 5.74) is 2.62. The third-order valence-electron chi connectivity index (χ3n) is 3.05. The van der Waals surface area contributed by atoms with E-state index in [-0.39, 0.29) is 0 Å². The molecule has 0 radical (unpaired) electrons. The fourth-order valence-corrected chi connectivity index (χ4v) is 2.31. The maximum Gasteiger partial charge on any atom is 0.213 e. The quantitative estimate of drug-likeness (QED) is 0.796. The molecule has 0 unspecified atom stereocenters. The van der Waals surface area contributed by atoms with Gasteiger partial charge in [0.25, 0.3) is 0 Å². The van der Waals surface area contributed by atoms with Crippen molar-refractivity contribution in [2.24, 2.45) is 0 Å².